The summed E-state index contributed by atoms with van der Waals surface area (Å²) in [5.74, 6) is -0.0692. The molecule has 1 aromatic heterocycles. The van der Waals surface area contributed by atoms with Gasteiger partial charge in [-0.15, -0.1) is 0 Å². The summed E-state index contributed by atoms with van der Waals surface area (Å²) in [5.41, 5.74) is 3.88. The van der Waals surface area contributed by atoms with Crippen LogP contribution in [0.1, 0.15) is 30.5 Å². The highest BCUT2D eigenvalue weighted by Gasteiger charge is 2.31. The molecule has 0 saturated heterocycles. The third-order valence-electron chi connectivity index (χ3n) is 4.42. The van der Waals surface area contributed by atoms with Gasteiger partial charge in [0, 0.05) is 30.0 Å². The molecule has 5 heteroatoms. The van der Waals surface area contributed by atoms with Crippen LogP contribution >= 0.6 is 11.6 Å². The van der Waals surface area contributed by atoms with E-state index in [1.165, 1.54) is 0 Å². The van der Waals surface area contributed by atoms with Gasteiger partial charge in [0.05, 0.1) is 17.3 Å². The topological polar surface area (TPSA) is 45.6 Å². The lowest BCUT2D eigenvalue weighted by Gasteiger charge is -2.20. The SMILES string of the molecule is CC(=O)N1N=C(c2ccc(Cl)cc2)CC1c1ccc2ncccc2c1. The van der Waals surface area contributed by atoms with Crippen molar-refractivity contribution in [2.75, 3.05) is 0 Å². The van der Waals surface area contributed by atoms with Gasteiger partial charge in [0.25, 0.3) is 0 Å². The van der Waals surface area contributed by atoms with E-state index in [2.05, 4.69) is 16.2 Å². The van der Waals surface area contributed by atoms with Crippen LogP contribution < -0.4 is 0 Å². The molecule has 1 atom stereocenters. The van der Waals surface area contributed by atoms with Gasteiger partial charge in [-0.3, -0.25) is 9.78 Å². The predicted octanol–water partition coefficient (Wildman–Crippen LogP) is 4.59. The molecular weight excluding hydrogens is 334 g/mol. The first kappa shape index (κ1) is 15.8. The Bertz CT molecular complexity index is 982. The zero-order chi connectivity index (χ0) is 17.4. The van der Waals surface area contributed by atoms with Crippen molar-refractivity contribution in [3.63, 3.8) is 0 Å². The Morgan fingerprint density at radius 1 is 1.16 bits per heavy atom. The number of aromatic nitrogens is 1. The van der Waals surface area contributed by atoms with Crippen molar-refractivity contribution < 1.29 is 4.79 Å². The van der Waals surface area contributed by atoms with Crippen LogP contribution in [0, 0.1) is 0 Å². The van der Waals surface area contributed by atoms with Crippen molar-refractivity contribution in [3.05, 3.63) is 76.9 Å². The van der Waals surface area contributed by atoms with Crippen molar-refractivity contribution in [3.8, 4) is 0 Å². The van der Waals surface area contributed by atoms with Crippen molar-refractivity contribution in [1.82, 2.24) is 9.99 Å². The monoisotopic (exact) mass is 349 g/mol. The zero-order valence-corrected chi connectivity index (χ0v) is 14.4. The summed E-state index contributed by atoms with van der Waals surface area (Å²) in [7, 11) is 0. The fourth-order valence-corrected chi connectivity index (χ4v) is 3.30. The maximum Gasteiger partial charge on any atom is 0.240 e. The molecule has 1 unspecified atom stereocenters. The molecule has 0 fully saturated rings. The van der Waals surface area contributed by atoms with Gasteiger partial charge in [0.1, 0.15) is 0 Å². The van der Waals surface area contributed by atoms with Crippen molar-refractivity contribution >= 4 is 34.1 Å². The second-order valence-electron chi connectivity index (χ2n) is 6.09. The van der Waals surface area contributed by atoms with E-state index in [4.69, 9.17) is 11.6 Å². The van der Waals surface area contributed by atoms with Crippen molar-refractivity contribution in [1.29, 1.82) is 0 Å². The number of carbonyl (C=O) groups excluding carboxylic acids is 1. The van der Waals surface area contributed by atoms with Crippen LogP contribution in [0.5, 0.6) is 0 Å². The van der Waals surface area contributed by atoms with Crippen LogP contribution in [-0.4, -0.2) is 21.6 Å². The van der Waals surface area contributed by atoms with Crippen LogP contribution in [0.4, 0.5) is 0 Å². The number of fused-ring (bicyclic) bond motifs is 1. The average Bonchev–Trinajstić information content (AvgIpc) is 3.07. The summed E-state index contributed by atoms with van der Waals surface area (Å²) in [6, 6.07) is 17.5. The minimum absolute atomic E-state index is 0.0692. The summed E-state index contributed by atoms with van der Waals surface area (Å²) in [6.07, 6.45) is 2.45. The van der Waals surface area contributed by atoms with E-state index in [9.17, 15) is 4.79 Å². The third kappa shape index (κ3) is 3.01. The second kappa shape index (κ2) is 6.30. The van der Waals surface area contributed by atoms with Crippen LogP contribution in [0.2, 0.25) is 5.02 Å². The van der Waals surface area contributed by atoms with Gasteiger partial charge < -0.3 is 0 Å². The summed E-state index contributed by atoms with van der Waals surface area (Å²) >= 11 is 5.97. The number of hydrogen-bond acceptors (Lipinski definition) is 3. The lowest BCUT2D eigenvalue weighted by molar-refractivity contribution is -0.130. The molecule has 4 nitrogen and oxygen atoms in total. The molecule has 4 rings (SSSR count). The maximum absolute atomic E-state index is 12.1. The standard InChI is InChI=1S/C20H16ClN3O/c1-13(25)24-20(12-19(23-24)14-4-7-17(21)8-5-14)16-6-9-18-15(11-16)3-2-10-22-18/h2-11,20H,12H2,1H3. The summed E-state index contributed by atoms with van der Waals surface area (Å²) in [6.45, 7) is 1.55. The number of rotatable bonds is 2. The van der Waals surface area contributed by atoms with E-state index in [1.54, 1.807) is 18.1 Å². The Kier molecular flexibility index (Phi) is 3.98. The van der Waals surface area contributed by atoms with E-state index in [0.29, 0.717) is 11.4 Å². The van der Waals surface area contributed by atoms with E-state index >= 15 is 0 Å². The molecule has 3 aromatic rings. The summed E-state index contributed by atoms with van der Waals surface area (Å²) < 4.78 is 0. The molecule has 2 heterocycles. The van der Waals surface area contributed by atoms with Gasteiger partial charge in [-0.25, -0.2) is 5.01 Å². The molecule has 124 valence electrons. The number of pyridine rings is 1. The van der Waals surface area contributed by atoms with E-state index in [-0.39, 0.29) is 11.9 Å². The minimum atomic E-state index is -0.104. The highest BCUT2D eigenvalue weighted by atomic mass is 35.5. The van der Waals surface area contributed by atoms with Gasteiger partial charge in [-0.2, -0.15) is 5.10 Å². The van der Waals surface area contributed by atoms with Gasteiger partial charge in [-0.05, 0) is 41.5 Å². The van der Waals surface area contributed by atoms with Crippen LogP contribution in [-0.2, 0) is 4.79 Å². The molecule has 0 N–H and O–H groups in total. The lowest BCUT2D eigenvalue weighted by atomic mass is 9.97. The smallest absolute Gasteiger partial charge is 0.240 e. The molecule has 25 heavy (non-hydrogen) atoms. The molecular formula is C20H16ClN3O. The molecule has 1 aliphatic rings. The number of hydrazone groups is 1. The Labute approximate surface area is 150 Å². The fourth-order valence-electron chi connectivity index (χ4n) is 3.18. The number of amides is 1. The lowest BCUT2D eigenvalue weighted by Crippen LogP contribution is -2.24. The molecule has 1 aliphatic heterocycles. The molecule has 2 aromatic carbocycles. The third-order valence-corrected chi connectivity index (χ3v) is 4.67. The molecule has 0 spiro atoms. The van der Waals surface area contributed by atoms with E-state index < -0.39 is 0 Å². The average molecular weight is 350 g/mol. The molecule has 0 radical (unpaired) electrons. The van der Waals surface area contributed by atoms with Crippen LogP contribution in [0.3, 0.4) is 0 Å². The number of carbonyl (C=O) groups is 1. The molecule has 1 amide bonds. The highest BCUT2D eigenvalue weighted by molar-refractivity contribution is 6.30. The second-order valence-corrected chi connectivity index (χ2v) is 6.53. The molecule has 0 bridgehead atoms. The number of hydrogen-bond donors (Lipinski definition) is 0. The summed E-state index contributed by atoms with van der Waals surface area (Å²) in [4.78, 5) is 16.5. The first-order chi connectivity index (χ1) is 12.1. The Morgan fingerprint density at radius 2 is 1.96 bits per heavy atom. The van der Waals surface area contributed by atoms with Crippen LogP contribution in [0.25, 0.3) is 10.9 Å². The summed E-state index contributed by atoms with van der Waals surface area (Å²) in [5, 5.41) is 7.88. The molecule has 0 saturated carbocycles. The van der Waals surface area contributed by atoms with Crippen LogP contribution in [0.15, 0.2) is 65.9 Å². The first-order valence-corrected chi connectivity index (χ1v) is 8.47. The fraction of sp³-hybridized carbons (Fsp3) is 0.150. The number of halogens is 1. The predicted molar refractivity (Wildman–Crippen MR) is 99.6 cm³/mol. The van der Waals surface area contributed by atoms with Gasteiger partial charge in [0.15, 0.2) is 0 Å². The van der Waals surface area contributed by atoms with E-state index in [0.717, 1.165) is 27.7 Å². The van der Waals surface area contributed by atoms with Gasteiger partial charge >= 0.3 is 0 Å². The zero-order valence-electron chi connectivity index (χ0n) is 13.7. The number of benzene rings is 2. The normalized spacial score (nSPS) is 17.0. The quantitative estimate of drug-likeness (QED) is 0.679. The highest BCUT2D eigenvalue weighted by Crippen LogP contribution is 2.34. The van der Waals surface area contributed by atoms with E-state index in [1.807, 2.05) is 48.5 Å². The molecule has 0 aliphatic carbocycles. The minimum Gasteiger partial charge on any atom is -0.273 e. The maximum atomic E-state index is 12.1. The van der Waals surface area contributed by atoms with Crippen molar-refractivity contribution in [2.24, 2.45) is 5.10 Å². The van der Waals surface area contributed by atoms with Gasteiger partial charge in [0.2, 0.25) is 5.91 Å². The first-order valence-electron chi connectivity index (χ1n) is 8.10. The van der Waals surface area contributed by atoms with Gasteiger partial charge in [-0.1, -0.05) is 35.9 Å². The Morgan fingerprint density at radius 3 is 2.72 bits per heavy atom. The Balaban J connectivity index is 1.71. The largest absolute Gasteiger partial charge is 0.273 e. The Hall–Kier alpha value is -2.72. The number of nitrogens with zero attached hydrogens (tertiary/aromatic N) is 3. The van der Waals surface area contributed by atoms with Crippen molar-refractivity contribution in [2.45, 2.75) is 19.4 Å².